The Labute approximate surface area is 146 Å². The molecule has 0 aliphatic heterocycles. The van der Waals surface area contributed by atoms with E-state index in [0.29, 0.717) is 27.9 Å². The molecular formula is C22H17NO2. The summed E-state index contributed by atoms with van der Waals surface area (Å²) in [5, 5.41) is 3.34. The minimum Gasteiger partial charge on any atom is -0.355 e. The van der Waals surface area contributed by atoms with E-state index in [0.717, 1.165) is 16.8 Å². The second-order valence-corrected chi connectivity index (χ2v) is 6.37. The molecule has 3 heteroatoms. The largest absolute Gasteiger partial charge is 0.355 e. The summed E-state index contributed by atoms with van der Waals surface area (Å²) in [6, 6.07) is 18.6. The van der Waals surface area contributed by atoms with Crippen LogP contribution in [-0.2, 0) is 0 Å². The van der Waals surface area contributed by atoms with Crippen molar-refractivity contribution in [2.24, 2.45) is 0 Å². The van der Waals surface area contributed by atoms with Crippen molar-refractivity contribution < 1.29 is 9.59 Å². The maximum Gasteiger partial charge on any atom is 0.196 e. The van der Waals surface area contributed by atoms with Gasteiger partial charge in [0.25, 0.3) is 0 Å². The van der Waals surface area contributed by atoms with Gasteiger partial charge in [-0.1, -0.05) is 48.0 Å². The number of carbonyl (C=O) groups is 2. The van der Waals surface area contributed by atoms with Crippen LogP contribution in [0.1, 0.15) is 43.0 Å². The van der Waals surface area contributed by atoms with Gasteiger partial charge in [-0.05, 0) is 37.6 Å². The molecule has 0 saturated heterocycles. The molecule has 0 saturated carbocycles. The lowest BCUT2D eigenvalue weighted by Gasteiger charge is -2.22. The maximum absolute atomic E-state index is 13.1. The van der Waals surface area contributed by atoms with Crippen molar-refractivity contribution in [3.05, 3.63) is 94.0 Å². The Balaban J connectivity index is 1.89. The Hall–Kier alpha value is -3.20. The first-order valence-corrected chi connectivity index (χ1v) is 8.22. The third-order valence-corrected chi connectivity index (χ3v) is 4.62. The number of anilines is 2. The van der Waals surface area contributed by atoms with E-state index in [1.165, 1.54) is 0 Å². The second-order valence-electron chi connectivity index (χ2n) is 6.37. The Bertz CT molecular complexity index is 1020. The Morgan fingerprint density at radius 3 is 2.00 bits per heavy atom. The van der Waals surface area contributed by atoms with Crippen molar-refractivity contribution in [3.8, 4) is 0 Å². The van der Waals surface area contributed by atoms with E-state index >= 15 is 0 Å². The van der Waals surface area contributed by atoms with Crippen molar-refractivity contribution in [1.29, 1.82) is 0 Å². The monoisotopic (exact) mass is 327 g/mol. The van der Waals surface area contributed by atoms with Crippen molar-refractivity contribution in [1.82, 2.24) is 0 Å². The van der Waals surface area contributed by atoms with Gasteiger partial charge in [-0.15, -0.1) is 0 Å². The molecule has 3 nitrogen and oxygen atoms in total. The number of hydrogen-bond donors (Lipinski definition) is 1. The van der Waals surface area contributed by atoms with E-state index < -0.39 is 0 Å². The van der Waals surface area contributed by atoms with Crippen molar-refractivity contribution in [2.45, 2.75) is 13.8 Å². The fourth-order valence-corrected chi connectivity index (χ4v) is 3.23. The standard InChI is InChI=1S/C22H17NO2/c1-13-7-10-15(11-8-13)23-20-14(2)9-12-18-19(20)22(25)17-6-4-3-5-16(17)21(18)24/h3-12,23H,1-2H3. The zero-order valence-electron chi connectivity index (χ0n) is 14.1. The van der Waals surface area contributed by atoms with Crippen LogP contribution >= 0.6 is 0 Å². The highest BCUT2D eigenvalue weighted by Crippen LogP contribution is 2.35. The molecule has 0 heterocycles. The van der Waals surface area contributed by atoms with Gasteiger partial charge in [0, 0.05) is 22.4 Å². The van der Waals surface area contributed by atoms with Crippen molar-refractivity contribution in [2.75, 3.05) is 5.32 Å². The van der Waals surface area contributed by atoms with Gasteiger partial charge in [0.2, 0.25) is 0 Å². The van der Waals surface area contributed by atoms with E-state index in [-0.39, 0.29) is 11.6 Å². The molecule has 1 aliphatic carbocycles. The van der Waals surface area contributed by atoms with Crippen LogP contribution in [0.5, 0.6) is 0 Å². The molecule has 0 bridgehead atoms. The van der Waals surface area contributed by atoms with Gasteiger partial charge in [0.05, 0.1) is 11.3 Å². The minimum atomic E-state index is -0.108. The van der Waals surface area contributed by atoms with Gasteiger partial charge in [0.15, 0.2) is 11.6 Å². The number of fused-ring (bicyclic) bond motifs is 2. The molecule has 0 unspecified atom stereocenters. The molecule has 0 atom stereocenters. The Kier molecular flexibility index (Phi) is 3.50. The summed E-state index contributed by atoms with van der Waals surface area (Å²) in [6.07, 6.45) is 0. The van der Waals surface area contributed by atoms with Crippen LogP contribution in [0, 0.1) is 13.8 Å². The molecule has 0 spiro atoms. The highest BCUT2D eigenvalue weighted by atomic mass is 16.1. The summed E-state index contributed by atoms with van der Waals surface area (Å²) in [5.74, 6) is -0.208. The quantitative estimate of drug-likeness (QED) is 0.574. The van der Waals surface area contributed by atoms with Crippen LogP contribution in [0.25, 0.3) is 0 Å². The van der Waals surface area contributed by atoms with Gasteiger partial charge in [-0.2, -0.15) is 0 Å². The van der Waals surface area contributed by atoms with Gasteiger partial charge in [-0.3, -0.25) is 9.59 Å². The van der Waals surface area contributed by atoms with Gasteiger partial charge >= 0.3 is 0 Å². The van der Waals surface area contributed by atoms with Crippen LogP contribution in [0.2, 0.25) is 0 Å². The number of nitrogens with one attached hydrogen (secondary N) is 1. The number of ketones is 2. The molecule has 1 N–H and O–H groups in total. The lowest BCUT2D eigenvalue weighted by atomic mass is 9.82. The van der Waals surface area contributed by atoms with Crippen molar-refractivity contribution >= 4 is 22.9 Å². The molecule has 122 valence electrons. The molecule has 0 fully saturated rings. The summed E-state index contributed by atoms with van der Waals surface area (Å²) < 4.78 is 0. The molecule has 25 heavy (non-hydrogen) atoms. The zero-order chi connectivity index (χ0) is 17.6. The Morgan fingerprint density at radius 1 is 0.680 bits per heavy atom. The SMILES string of the molecule is Cc1ccc(Nc2c(C)ccc3c2C(=O)c2ccccc2C3=O)cc1. The fourth-order valence-electron chi connectivity index (χ4n) is 3.23. The topological polar surface area (TPSA) is 46.2 Å². The van der Waals surface area contributed by atoms with Gasteiger partial charge in [-0.25, -0.2) is 0 Å². The molecule has 4 rings (SSSR count). The van der Waals surface area contributed by atoms with Crippen LogP contribution < -0.4 is 5.32 Å². The maximum atomic E-state index is 13.1. The van der Waals surface area contributed by atoms with E-state index in [2.05, 4.69) is 5.32 Å². The number of carbonyl (C=O) groups excluding carboxylic acids is 2. The Morgan fingerprint density at radius 2 is 1.32 bits per heavy atom. The van der Waals surface area contributed by atoms with E-state index in [9.17, 15) is 9.59 Å². The summed E-state index contributed by atoms with van der Waals surface area (Å²) in [7, 11) is 0. The average molecular weight is 327 g/mol. The van der Waals surface area contributed by atoms with Crippen LogP contribution in [0.3, 0.4) is 0 Å². The summed E-state index contributed by atoms with van der Waals surface area (Å²) >= 11 is 0. The van der Waals surface area contributed by atoms with Gasteiger partial charge < -0.3 is 5.32 Å². The van der Waals surface area contributed by atoms with Crippen LogP contribution in [0.15, 0.2) is 60.7 Å². The molecule has 3 aromatic carbocycles. The first-order valence-electron chi connectivity index (χ1n) is 8.22. The van der Waals surface area contributed by atoms with E-state index in [1.54, 1.807) is 30.3 Å². The average Bonchev–Trinajstić information content (AvgIpc) is 2.63. The predicted molar refractivity (Wildman–Crippen MR) is 98.9 cm³/mol. The molecule has 0 radical (unpaired) electrons. The third-order valence-electron chi connectivity index (χ3n) is 4.62. The lowest BCUT2D eigenvalue weighted by molar-refractivity contribution is 0.0979. The number of hydrogen-bond acceptors (Lipinski definition) is 3. The zero-order valence-corrected chi connectivity index (χ0v) is 14.1. The summed E-state index contributed by atoms with van der Waals surface area (Å²) in [5.41, 5.74) is 5.56. The molecular weight excluding hydrogens is 310 g/mol. The highest BCUT2D eigenvalue weighted by molar-refractivity contribution is 6.30. The van der Waals surface area contributed by atoms with Crippen LogP contribution in [0.4, 0.5) is 11.4 Å². The predicted octanol–water partition coefficient (Wildman–Crippen LogP) is 4.82. The summed E-state index contributed by atoms with van der Waals surface area (Å²) in [4.78, 5) is 25.9. The number of rotatable bonds is 2. The first-order chi connectivity index (χ1) is 12.1. The fraction of sp³-hybridized carbons (Fsp3) is 0.0909. The second kappa shape index (κ2) is 5.71. The van der Waals surface area contributed by atoms with Crippen molar-refractivity contribution in [3.63, 3.8) is 0 Å². The molecule has 0 aromatic heterocycles. The molecule has 3 aromatic rings. The normalized spacial score (nSPS) is 12.6. The van der Waals surface area contributed by atoms with E-state index in [1.807, 2.05) is 44.2 Å². The lowest BCUT2D eigenvalue weighted by Crippen LogP contribution is -2.22. The first kappa shape index (κ1) is 15.3. The molecule has 1 aliphatic rings. The van der Waals surface area contributed by atoms with Gasteiger partial charge in [0.1, 0.15) is 0 Å². The minimum absolute atomic E-state index is 0.0999. The molecule has 0 amide bonds. The highest BCUT2D eigenvalue weighted by Gasteiger charge is 2.32. The smallest absolute Gasteiger partial charge is 0.196 e. The number of aryl methyl sites for hydroxylation is 2. The number of benzene rings is 3. The van der Waals surface area contributed by atoms with Crippen LogP contribution in [-0.4, -0.2) is 11.6 Å². The third kappa shape index (κ3) is 2.45. The summed E-state index contributed by atoms with van der Waals surface area (Å²) in [6.45, 7) is 3.97. The van der Waals surface area contributed by atoms with E-state index in [4.69, 9.17) is 0 Å².